The minimum atomic E-state index is -3.83. The lowest BCUT2D eigenvalue weighted by atomic mass is 10.2. The van der Waals surface area contributed by atoms with Gasteiger partial charge in [0.1, 0.15) is 0 Å². The molecule has 0 aromatic heterocycles. The SMILES string of the molecule is CCN(c1ccc(C(=O)Nc2ccc(S(=O)(=O)Nc3cccc(Cl)c3)cc2)cc1)S(C)(=O)=O. The van der Waals surface area contributed by atoms with Crippen molar-refractivity contribution in [2.24, 2.45) is 0 Å². The van der Waals surface area contributed by atoms with E-state index < -0.39 is 26.0 Å². The van der Waals surface area contributed by atoms with Gasteiger partial charge in [0.15, 0.2) is 0 Å². The fourth-order valence-corrected chi connectivity index (χ4v) is 5.29. The van der Waals surface area contributed by atoms with E-state index in [0.29, 0.717) is 27.6 Å². The predicted octanol–water partition coefficient (Wildman–Crippen LogP) is 4.18. The molecule has 0 saturated carbocycles. The van der Waals surface area contributed by atoms with Gasteiger partial charge in [0.05, 0.1) is 22.5 Å². The summed E-state index contributed by atoms with van der Waals surface area (Å²) in [6.45, 7) is 1.99. The van der Waals surface area contributed by atoms with Gasteiger partial charge in [-0.15, -0.1) is 0 Å². The van der Waals surface area contributed by atoms with Crippen LogP contribution in [0, 0.1) is 0 Å². The summed E-state index contributed by atoms with van der Waals surface area (Å²) in [6.07, 6.45) is 1.12. The average molecular weight is 508 g/mol. The van der Waals surface area contributed by atoms with Gasteiger partial charge in [-0.05, 0) is 73.7 Å². The second-order valence-electron chi connectivity index (χ2n) is 7.07. The normalized spacial score (nSPS) is 11.6. The van der Waals surface area contributed by atoms with Gasteiger partial charge in [0.25, 0.3) is 15.9 Å². The highest BCUT2D eigenvalue weighted by Gasteiger charge is 2.17. The molecule has 3 aromatic rings. The number of carbonyl (C=O) groups is 1. The first-order chi connectivity index (χ1) is 15.5. The van der Waals surface area contributed by atoms with Crippen LogP contribution < -0.4 is 14.3 Å². The molecule has 3 rings (SSSR count). The molecule has 1 amide bonds. The molecule has 0 atom stereocenters. The van der Waals surface area contributed by atoms with E-state index in [1.54, 1.807) is 37.3 Å². The number of nitrogens with one attached hydrogen (secondary N) is 2. The Morgan fingerprint density at radius 3 is 2.09 bits per heavy atom. The van der Waals surface area contributed by atoms with Crippen molar-refractivity contribution in [3.05, 3.63) is 83.4 Å². The van der Waals surface area contributed by atoms with Gasteiger partial charge in [-0.2, -0.15) is 0 Å². The zero-order chi connectivity index (χ0) is 24.2. The van der Waals surface area contributed by atoms with Crippen LogP contribution in [-0.4, -0.2) is 35.5 Å². The molecule has 0 fully saturated rings. The van der Waals surface area contributed by atoms with Crippen LogP contribution in [0.4, 0.5) is 17.1 Å². The van der Waals surface area contributed by atoms with E-state index in [9.17, 15) is 21.6 Å². The van der Waals surface area contributed by atoms with Crippen molar-refractivity contribution in [3.8, 4) is 0 Å². The Bertz CT molecular complexity index is 1360. The van der Waals surface area contributed by atoms with Crippen molar-refractivity contribution in [2.75, 3.05) is 27.1 Å². The smallest absolute Gasteiger partial charge is 0.261 e. The molecule has 0 unspecified atom stereocenters. The summed E-state index contributed by atoms with van der Waals surface area (Å²) >= 11 is 5.89. The molecule has 11 heteroatoms. The molecular formula is C22H22ClN3O5S2. The average Bonchev–Trinajstić information content (AvgIpc) is 2.74. The van der Waals surface area contributed by atoms with Gasteiger partial charge >= 0.3 is 0 Å². The molecule has 8 nitrogen and oxygen atoms in total. The minimum absolute atomic E-state index is 0.0188. The van der Waals surface area contributed by atoms with E-state index in [1.807, 2.05) is 0 Å². The lowest BCUT2D eigenvalue weighted by molar-refractivity contribution is 0.102. The van der Waals surface area contributed by atoms with Crippen molar-refractivity contribution in [3.63, 3.8) is 0 Å². The molecule has 0 heterocycles. The standard InChI is InChI=1S/C22H22ClN3O5S2/c1-3-26(32(2,28)29)20-11-7-16(8-12-20)22(27)24-18-9-13-21(14-10-18)33(30,31)25-19-6-4-5-17(23)15-19/h4-15,25H,3H2,1-2H3,(H,24,27). The Balaban J connectivity index is 1.70. The fraction of sp³-hybridized carbons (Fsp3) is 0.136. The number of carbonyl (C=O) groups excluding carboxylic acids is 1. The molecule has 33 heavy (non-hydrogen) atoms. The lowest BCUT2D eigenvalue weighted by Crippen LogP contribution is -2.29. The maximum absolute atomic E-state index is 12.6. The highest BCUT2D eigenvalue weighted by atomic mass is 35.5. The van der Waals surface area contributed by atoms with E-state index in [1.165, 1.54) is 46.8 Å². The second-order valence-corrected chi connectivity index (χ2v) is 11.1. The topological polar surface area (TPSA) is 113 Å². The maximum atomic E-state index is 12.6. The zero-order valence-corrected chi connectivity index (χ0v) is 20.2. The van der Waals surface area contributed by atoms with Gasteiger partial charge in [0, 0.05) is 22.8 Å². The summed E-state index contributed by atoms with van der Waals surface area (Å²) in [5.74, 6) is -0.420. The summed E-state index contributed by atoms with van der Waals surface area (Å²) < 4.78 is 52.5. The number of halogens is 1. The third-order valence-electron chi connectivity index (χ3n) is 4.60. The van der Waals surface area contributed by atoms with Crippen molar-refractivity contribution in [1.82, 2.24) is 0 Å². The van der Waals surface area contributed by atoms with E-state index in [4.69, 9.17) is 11.6 Å². The molecule has 174 valence electrons. The third-order valence-corrected chi connectivity index (χ3v) is 7.51. The number of benzene rings is 3. The fourth-order valence-electron chi connectivity index (χ4n) is 3.07. The summed E-state index contributed by atoms with van der Waals surface area (Å²) in [7, 11) is -7.25. The Kier molecular flexibility index (Phi) is 7.31. The molecule has 0 radical (unpaired) electrons. The zero-order valence-electron chi connectivity index (χ0n) is 17.8. The van der Waals surface area contributed by atoms with Gasteiger partial charge in [-0.1, -0.05) is 17.7 Å². The molecule has 0 aliphatic carbocycles. The van der Waals surface area contributed by atoms with E-state index in [-0.39, 0.29) is 11.4 Å². The maximum Gasteiger partial charge on any atom is 0.261 e. The summed E-state index contributed by atoms with van der Waals surface area (Å²) in [4.78, 5) is 12.5. The Morgan fingerprint density at radius 2 is 1.55 bits per heavy atom. The van der Waals surface area contributed by atoms with Crippen LogP contribution in [0.5, 0.6) is 0 Å². The number of anilines is 3. The summed E-state index contributed by atoms with van der Waals surface area (Å²) in [5, 5.41) is 3.09. The first-order valence-electron chi connectivity index (χ1n) is 9.77. The van der Waals surface area contributed by atoms with E-state index in [2.05, 4.69) is 10.0 Å². The first-order valence-corrected chi connectivity index (χ1v) is 13.5. The number of hydrogen-bond acceptors (Lipinski definition) is 5. The van der Waals surface area contributed by atoms with E-state index >= 15 is 0 Å². The molecular weight excluding hydrogens is 486 g/mol. The molecule has 0 spiro atoms. The molecule has 0 saturated heterocycles. The largest absolute Gasteiger partial charge is 0.322 e. The van der Waals surface area contributed by atoms with Crippen LogP contribution in [0.15, 0.2) is 77.7 Å². The first kappa shape index (κ1) is 24.6. The highest BCUT2D eigenvalue weighted by molar-refractivity contribution is 7.92. The molecule has 0 aliphatic rings. The van der Waals surface area contributed by atoms with Gasteiger partial charge in [-0.3, -0.25) is 13.8 Å². The van der Waals surface area contributed by atoms with Crippen LogP contribution >= 0.6 is 11.6 Å². The van der Waals surface area contributed by atoms with Gasteiger partial charge in [0.2, 0.25) is 10.0 Å². The number of nitrogens with zero attached hydrogens (tertiary/aromatic N) is 1. The Labute approximate surface area is 198 Å². The second kappa shape index (κ2) is 9.82. The Hall–Kier alpha value is -3.08. The van der Waals surface area contributed by atoms with Gasteiger partial charge in [-0.25, -0.2) is 16.8 Å². The quantitative estimate of drug-likeness (QED) is 0.475. The molecule has 2 N–H and O–H groups in total. The van der Waals surface area contributed by atoms with E-state index in [0.717, 1.165) is 6.26 Å². The van der Waals surface area contributed by atoms with Crippen LogP contribution in [0.2, 0.25) is 5.02 Å². The predicted molar refractivity (Wildman–Crippen MR) is 131 cm³/mol. The lowest BCUT2D eigenvalue weighted by Gasteiger charge is -2.20. The van der Waals surface area contributed by atoms with Crippen molar-refractivity contribution in [2.45, 2.75) is 11.8 Å². The Morgan fingerprint density at radius 1 is 0.909 bits per heavy atom. The number of rotatable bonds is 8. The van der Waals surface area contributed by atoms with Crippen LogP contribution in [0.1, 0.15) is 17.3 Å². The number of hydrogen-bond donors (Lipinski definition) is 2. The third kappa shape index (κ3) is 6.25. The highest BCUT2D eigenvalue weighted by Crippen LogP contribution is 2.22. The molecule has 3 aromatic carbocycles. The minimum Gasteiger partial charge on any atom is -0.322 e. The molecule has 0 bridgehead atoms. The summed E-state index contributed by atoms with van der Waals surface area (Å²) in [6, 6.07) is 18.2. The van der Waals surface area contributed by atoms with Crippen LogP contribution in [-0.2, 0) is 20.0 Å². The van der Waals surface area contributed by atoms with Crippen molar-refractivity contribution in [1.29, 1.82) is 0 Å². The van der Waals surface area contributed by atoms with Crippen LogP contribution in [0.25, 0.3) is 0 Å². The molecule has 0 aliphatic heterocycles. The summed E-state index contributed by atoms with van der Waals surface area (Å²) in [5.41, 5.74) is 1.51. The van der Waals surface area contributed by atoms with Crippen molar-refractivity contribution < 1.29 is 21.6 Å². The monoisotopic (exact) mass is 507 g/mol. The van der Waals surface area contributed by atoms with Crippen LogP contribution in [0.3, 0.4) is 0 Å². The van der Waals surface area contributed by atoms with Gasteiger partial charge < -0.3 is 5.32 Å². The van der Waals surface area contributed by atoms with Crippen molar-refractivity contribution >= 4 is 54.6 Å². The number of amides is 1. The number of sulfonamides is 2.